The molecule has 142 valence electrons. The lowest BCUT2D eigenvalue weighted by molar-refractivity contribution is -0.128. The van der Waals surface area contributed by atoms with Crippen molar-refractivity contribution in [1.29, 1.82) is 0 Å². The van der Waals surface area contributed by atoms with Crippen LogP contribution < -0.4 is 4.90 Å². The molecule has 2 aromatic rings. The molecule has 0 saturated carbocycles. The Morgan fingerprint density at radius 3 is 2.64 bits per heavy atom. The monoisotopic (exact) mass is 373 g/mol. The van der Waals surface area contributed by atoms with Gasteiger partial charge in [0.05, 0.1) is 11.3 Å². The molecule has 1 amide bonds. The highest BCUT2D eigenvalue weighted by atomic mass is 16.2. The van der Waals surface area contributed by atoms with Gasteiger partial charge in [-0.1, -0.05) is 23.8 Å². The summed E-state index contributed by atoms with van der Waals surface area (Å²) in [6.45, 7) is 4.89. The minimum atomic E-state index is -0.219. The highest BCUT2D eigenvalue weighted by molar-refractivity contribution is 6.26. The normalized spacial score (nSPS) is 17.7. The average Bonchev–Trinajstić information content (AvgIpc) is 2.96. The van der Waals surface area contributed by atoms with Crippen LogP contribution in [0, 0.1) is 6.92 Å². The van der Waals surface area contributed by atoms with Crippen molar-refractivity contribution in [3.05, 3.63) is 64.7 Å². The van der Waals surface area contributed by atoms with E-state index in [-0.39, 0.29) is 12.5 Å². The van der Waals surface area contributed by atoms with Gasteiger partial charge in [0.2, 0.25) is 0 Å². The van der Waals surface area contributed by atoms with Crippen LogP contribution in [0.5, 0.6) is 0 Å². The van der Waals surface area contributed by atoms with Crippen molar-refractivity contribution < 1.29 is 9.59 Å². The second kappa shape index (κ2) is 7.43. The van der Waals surface area contributed by atoms with Gasteiger partial charge in [-0.15, -0.1) is 0 Å². The Balaban J connectivity index is 1.64. The van der Waals surface area contributed by atoms with Gasteiger partial charge in [-0.3, -0.25) is 4.79 Å². The number of hydrogen-bond donors (Lipinski definition) is 0. The highest BCUT2D eigenvalue weighted by Gasteiger charge is 2.27. The second-order valence-electron chi connectivity index (χ2n) is 7.28. The quantitative estimate of drug-likeness (QED) is 0.604. The summed E-state index contributed by atoms with van der Waals surface area (Å²) in [4.78, 5) is 25.5. The molecule has 0 bridgehead atoms. The molecule has 2 aliphatic heterocycles. The summed E-state index contributed by atoms with van der Waals surface area (Å²) in [5.74, 6) is -0.219. The minimum absolute atomic E-state index is 0.0107. The molecular formula is C23H23N3O2. The fraction of sp³-hybridized carbons (Fsp3) is 0.261. The maximum atomic E-state index is 12.4. The summed E-state index contributed by atoms with van der Waals surface area (Å²) < 4.78 is 0. The Labute approximate surface area is 165 Å². The van der Waals surface area contributed by atoms with Gasteiger partial charge in [-0.05, 0) is 68.2 Å². The summed E-state index contributed by atoms with van der Waals surface area (Å²) in [5, 5.41) is 5.39. The van der Waals surface area contributed by atoms with Gasteiger partial charge in [0.15, 0.2) is 0 Å². The van der Waals surface area contributed by atoms with E-state index in [1.807, 2.05) is 12.1 Å². The molecule has 0 N–H and O–H groups in total. The van der Waals surface area contributed by atoms with Crippen LogP contribution in [0.25, 0.3) is 6.08 Å². The molecule has 0 saturated heterocycles. The molecule has 0 atom stereocenters. The number of hydrazone groups is 1. The van der Waals surface area contributed by atoms with Crippen LogP contribution in [0.3, 0.4) is 0 Å². The van der Waals surface area contributed by atoms with Crippen LogP contribution in [0.4, 0.5) is 11.4 Å². The third kappa shape index (κ3) is 3.36. The molecule has 0 aliphatic carbocycles. The maximum absolute atomic E-state index is 12.4. The lowest BCUT2D eigenvalue weighted by Crippen LogP contribution is -2.24. The van der Waals surface area contributed by atoms with Gasteiger partial charge >= 0.3 is 0 Å². The van der Waals surface area contributed by atoms with E-state index in [4.69, 9.17) is 0 Å². The topological polar surface area (TPSA) is 53.0 Å². The predicted molar refractivity (Wildman–Crippen MR) is 112 cm³/mol. The Kier molecular flexibility index (Phi) is 4.82. The minimum Gasteiger partial charge on any atom is -0.341 e. The van der Waals surface area contributed by atoms with Crippen molar-refractivity contribution in [3.8, 4) is 0 Å². The number of carbonyl (C=O) groups is 2. The summed E-state index contributed by atoms with van der Waals surface area (Å²) in [6.07, 6.45) is 4.67. The van der Waals surface area contributed by atoms with Crippen LogP contribution in [-0.4, -0.2) is 36.0 Å². The van der Waals surface area contributed by atoms with Crippen molar-refractivity contribution in [2.24, 2.45) is 5.10 Å². The number of carbonyl (C=O) groups excluding carboxylic acids is 2. The molecule has 0 aromatic heterocycles. The number of rotatable bonds is 4. The van der Waals surface area contributed by atoms with Crippen LogP contribution >= 0.6 is 0 Å². The summed E-state index contributed by atoms with van der Waals surface area (Å²) >= 11 is 0. The first-order chi connectivity index (χ1) is 13.6. The van der Waals surface area contributed by atoms with Crippen molar-refractivity contribution in [2.75, 3.05) is 18.0 Å². The van der Waals surface area contributed by atoms with Crippen molar-refractivity contribution >= 4 is 35.4 Å². The van der Waals surface area contributed by atoms with Gasteiger partial charge in [0.25, 0.3) is 5.91 Å². The Morgan fingerprint density at radius 1 is 1.11 bits per heavy atom. The number of amides is 1. The molecule has 28 heavy (non-hydrogen) atoms. The second-order valence-corrected chi connectivity index (χ2v) is 7.28. The molecule has 4 rings (SSSR count). The smallest absolute Gasteiger partial charge is 0.276 e. The number of fused-ring (bicyclic) bond motifs is 1. The van der Waals surface area contributed by atoms with E-state index in [0.29, 0.717) is 17.6 Å². The van der Waals surface area contributed by atoms with E-state index in [1.165, 1.54) is 27.5 Å². The van der Waals surface area contributed by atoms with Crippen molar-refractivity contribution in [3.63, 3.8) is 0 Å². The van der Waals surface area contributed by atoms with Gasteiger partial charge in [-0.2, -0.15) is 5.10 Å². The molecule has 0 radical (unpaired) electrons. The average molecular weight is 373 g/mol. The summed E-state index contributed by atoms with van der Waals surface area (Å²) in [7, 11) is 0. The predicted octanol–water partition coefficient (Wildman–Crippen LogP) is 3.88. The van der Waals surface area contributed by atoms with Gasteiger partial charge < -0.3 is 9.69 Å². The fourth-order valence-electron chi connectivity index (χ4n) is 3.80. The van der Waals surface area contributed by atoms with Crippen molar-refractivity contribution in [1.82, 2.24) is 5.01 Å². The van der Waals surface area contributed by atoms with E-state index < -0.39 is 0 Å². The third-order valence-electron chi connectivity index (χ3n) is 5.25. The standard InChI is InChI=1S/C23H23N3O2/c1-16-5-8-20(9-6-16)25-11-3-4-19-14-18(7-10-22(19)25)15-21-17(2)24-26(12-13-27)23(21)28/h5-10,13-15H,3-4,11-12H2,1-2H3/b21-15-. The fourth-order valence-corrected chi connectivity index (χ4v) is 3.80. The van der Waals surface area contributed by atoms with Crippen LogP contribution in [-0.2, 0) is 16.0 Å². The molecule has 0 spiro atoms. The number of benzene rings is 2. The molecule has 2 heterocycles. The van der Waals surface area contributed by atoms with E-state index in [1.54, 1.807) is 6.92 Å². The van der Waals surface area contributed by atoms with Gasteiger partial charge in [-0.25, -0.2) is 5.01 Å². The number of aldehydes is 1. The lowest BCUT2D eigenvalue weighted by Gasteiger charge is -2.31. The van der Waals surface area contributed by atoms with E-state index >= 15 is 0 Å². The van der Waals surface area contributed by atoms with E-state index in [9.17, 15) is 9.59 Å². The first-order valence-electron chi connectivity index (χ1n) is 9.57. The number of hydrogen-bond acceptors (Lipinski definition) is 4. The largest absolute Gasteiger partial charge is 0.341 e. The first kappa shape index (κ1) is 18.2. The van der Waals surface area contributed by atoms with Crippen molar-refractivity contribution in [2.45, 2.75) is 26.7 Å². The first-order valence-corrected chi connectivity index (χ1v) is 9.57. The lowest BCUT2D eigenvalue weighted by atomic mass is 9.97. The van der Waals surface area contributed by atoms with E-state index in [0.717, 1.165) is 24.9 Å². The van der Waals surface area contributed by atoms with Crippen LogP contribution in [0.15, 0.2) is 53.1 Å². The number of nitrogens with zero attached hydrogens (tertiary/aromatic N) is 3. The maximum Gasteiger partial charge on any atom is 0.276 e. The molecule has 5 heteroatoms. The zero-order chi connectivity index (χ0) is 19.7. The molecule has 0 fully saturated rings. The van der Waals surface area contributed by atoms with Crippen LogP contribution in [0.1, 0.15) is 30.0 Å². The Bertz CT molecular complexity index is 989. The molecule has 0 unspecified atom stereocenters. The zero-order valence-electron chi connectivity index (χ0n) is 16.2. The summed E-state index contributed by atoms with van der Waals surface area (Å²) in [5.41, 5.74) is 7.14. The third-order valence-corrected chi connectivity index (χ3v) is 5.25. The molecule has 2 aliphatic rings. The molecule has 2 aromatic carbocycles. The van der Waals surface area contributed by atoms with Gasteiger partial charge in [0, 0.05) is 17.9 Å². The highest BCUT2D eigenvalue weighted by Crippen LogP contribution is 2.34. The van der Waals surface area contributed by atoms with E-state index in [2.05, 4.69) is 53.3 Å². The molecule has 5 nitrogen and oxygen atoms in total. The van der Waals surface area contributed by atoms with Crippen LogP contribution in [0.2, 0.25) is 0 Å². The SMILES string of the molecule is CC1=NN(CC=O)C(=O)/C1=C\c1ccc2c(c1)CCCN2c1ccc(C)cc1. The summed E-state index contributed by atoms with van der Waals surface area (Å²) in [6, 6.07) is 14.9. The number of anilines is 2. The van der Waals surface area contributed by atoms with Gasteiger partial charge in [0.1, 0.15) is 12.8 Å². The molecular weight excluding hydrogens is 350 g/mol. The Morgan fingerprint density at radius 2 is 1.89 bits per heavy atom. The zero-order valence-corrected chi connectivity index (χ0v) is 16.2. The Hall–Kier alpha value is -3.21. The number of aryl methyl sites for hydroxylation is 2.